The molecule has 0 spiro atoms. The van der Waals surface area contributed by atoms with Crippen LogP contribution in [0.2, 0.25) is 5.02 Å². The standard InChI is InChI=1S/C19H12ClF2N5/c1-23-18-13-6-10(12-8-11(20)2-3-14(12)21)7-15(22)17(13)26-19(27-18)16-9-24-4-5-25-16/h2-9H,1H3,(H,23,26,27). The van der Waals surface area contributed by atoms with Gasteiger partial charge in [0.1, 0.15) is 28.7 Å². The minimum absolute atomic E-state index is 0.0983. The largest absolute Gasteiger partial charge is 0.373 e. The Hall–Kier alpha value is -3.19. The van der Waals surface area contributed by atoms with Crippen LogP contribution in [0, 0.1) is 11.6 Å². The first-order chi connectivity index (χ1) is 13.1. The maximum absolute atomic E-state index is 14.9. The van der Waals surface area contributed by atoms with Gasteiger partial charge in [-0.1, -0.05) is 11.6 Å². The van der Waals surface area contributed by atoms with Gasteiger partial charge in [-0.2, -0.15) is 0 Å². The van der Waals surface area contributed by atoms with Gasteiger partial charge in [-0.15, -0.1) is 0 Å². The first-order valence-electron chi connectivity index (χ1n) is 7.97. The fraction of sp³-hybridized carbons (Fsp3) is 0.0526. The molecule has 1 N–H and O–H groups in total. The van der Waals surface area contributed by atoms with Gasteiger partial charge in [-0.05, 0) is 35.9 Å². The van der Waals surface area contributed by atoms with E-state index in [1.54, 1.807) is 13.1 Å². The van der Waals surface area contributed by atoms with E-state index in [1.165, 1.54) is 42.9 Å². The SMILES string of the molecule is CNc1nc(-c2cnccn2)nc2c(F)cc(-c3cc(Cl)ccc3F)cc12. The molecular weight excluding hydrogens is 372 g/mol. The molecule has 0 fully saturated rings. The van der Waals surface area contributed by atoms with Crippen molar-refractivity contribution in [3.05, 3.63) is 65.6 Å². The first kappa shape index (κ1) is 17.2. The van der Waals surface area contributed by atoms with Crippen molar-refractivity contribution in [1.82, 2.24) is 19.9 Å². The van der Waals surface area contributed by atoms with Crippen LogP contribution < -0.4 is 5.32 Å². The molecule has 4 aromatic rings. The van der Waals surface area contributed by atoms with Crippen LogP contribution in [-0.2, 0) is 0 Å². The number of benzene rings is 2. The van der Waals surface area contributed by atoms with Crippen molar-refractivity contribution in [2.75, 3.05) is 12.4 Å². The minimum atomic E-state index is -0.606. The Morgan fingerprint density at radius 1 is 1.00 bits per heavy atom. The van der Waals surface area contributed by atoms with Crippen molar-refractivity contribution in [3.8, 4) is 22.6 Å². The number of fused-ring (bicyclic) bond motifs is 1. The third kappa shape index (κ3) is 3.17. The summed E-state index contributed by atoms with van der Waals surface area (Å²) < 4.78 is 29.1. The Morgan fingerprint density at radius 3 is 2.59 bits per heavy atom. The molecule has 5 nitrogen and oxygen atoms in total. The van der Waals surface area contributed by atoms with Crippen molar-refractivity contribution in [2.24, 2.45) is 0 Å². The lowest BCUT2D eigenvalue weighted by Gasteiger charge is -2.11. The van der Waals surface area contributed by atoms with Gasteiger partial charge in [0.2, 0.25) is 0 Å². The molecule has 0 bridgehead atoms. The topological polar surface area (TPSA) is 63.6 Å². The number of hydrogen-bond donors (Lipinski definition) is 1. The highest BCUT2D eigenvalue weighted by Gasteiger charge is 2.16. The molecule has 0 saturated carbocycles. The van der Waals surface area contributed by atoms with E-state index >= 15 is 0 Å². The molecule has 0 aliphatic carbocycles. The van der Waals surface area contributed by atoms with Crippen LogP contribution in [-0.4, -0.2) is 27.0 Å². The number of hydrogen-bond acceptors (Lipinski definition) is 5. The Balaban J connectivity index is 1.96. The molecule has 0 saturated heterocycles. The summed E-state index contributed by atoms with van der Waals surface area (Å²) in [5.74, 6) is -0.475. The molecule has 2 aromatic heterocycles. The predicted octanol–water partition coefficient (Wildman–Crippen LogP) is 4.73. The second kappa shape index (κ2) is 6.85. The lowest BCUT2D eigenvalue weighted by atomic mass is 10.0. The monoisotopic (exact) mass is 383 g/mol. The van der Waals surface area contributed by atoms with E-state index in [0.29, 0.717) is 27.5 Å². The zero-order valence-corrected chi connectivity index (χ0v) is 14.8. The van der Waals surface area contributed by atoms with Crippen LogP contribution in [0.3, 0.4) is 0 Å². The van der Waals surface area contributed by atoms with Gasteiger partial charge < -0.3 is 5.32 Å². The van der Waals surface area contributed by atoms with Crippen molar-refractivity contribution < 1.29 is 8.78 Å². The third-order valence-electron chi connectivity index (χ3n) is 4.02. The van der Waals surface area contributed by atoms with Crippen molar-refractivity contribution in [1.29, 1.82) is 0 Å². The van der Waals surface area contributed by atoms with Crippen molar-refractivity contribution in [2.45, 2.75) is 0 Å². The van der Waals surface area contributed by atoms with Crippen molar-refractivity contribution in [3.63, 3.8) is 0 Å². The van der Waals surface area contributed by atoms with Gasteiger partial charge in [-0.3, -0.25) is 4.98 Å². The third-order valence-corrected chi connectivity index (χ3v) is 4.26. The fourth-order valence-corrected chi connectivity index (χ4v) is 2.96. The van der Waals surface area contributed by atoms with Crippen LogP contribution in [0.15, 0.2) is 48.9 Å². The maximum Gasteiger partial charge on any atom is 0.182 e. The van der Waals surface area contributed by atoms with Crippen LogP contribution in [0.5, 0.6) is 0 Å². The predicted molar refractivity (Wildman–Crippen MR) is 100 cm³/mol. The number of aromatic nitrogens is 4. The van der Waals surface area contributed by atoms with Gasteiger partial charge in [0.15, 0.2) is 5.82 Å². The molecule has 134 valence electrons. The lowest BCUT2D eigenvalue weighted by molar-refractivity contribution is 0.628. The molecule has 2 aromatic carbocycles. The van der Waals surface area contributed by atoms with E-state index in [2.05, 4.69) is 25.3 Å². The summed E-state index contributed by atoms with van der Waals surface area (Å²) in [4.78, 5) is 16.8. The summed E-state index contributed by atoms with van der Waals surface area (Å²) in [6, 6.07) is 6.98. The normalized spacial score (nSPS) is 11.0. The number of nitrogens with one attached hydrogen (secondary N) is 1. The van der Waals surface area contributed by atoms with Crippen molar-refractivity contribution >= 4 is 28.3 Å². The smallest absolute Gasteiger partial charge is 0.182 e. The summed E-state index contributed by atoms with van der Waals surface area (Å²) in [6.45, 7) is 0. The van der Waals surface area contributed by atoms with Crippen LogP contribution >= 0.6 is 11.6 Å². The Kier molecular flexibility index (Phi) is 4.37. The van der Waals surface area contributed by atoms with Crippen LogP contribution in [0.1, 0.15) is 0 Å². The van der Waals surface area contributed by atoms with E-state index in [4.69, 9.17) is 11.6 Å². The molecule has 27 heavy (non-hydrogen) atoms. The molecule has 0 amide bonds. The van der Waals surface area contributed by atoms with E-state index in [9.17, 15) is 8.78 Å². The molecule has 0 aliphatic heterocycles. The minimum Gasteiger partial charge on any atom is -0.373 e. The lowest BCUT2D eigenvalue weighted by Crippen LogP contribution is -2.02. The highest BCUT2D eigenvalue weighted by Crippen LogP contribution is 2.33. The average molecular weight is 384 g/mol. The molecule has 0 atom stereocenters. The summed E-state index contributed by atoms with van der Waals surface area (Å²) in [5.41, 5.74) is 1.05. The van der Waals surface area contributed by atoms with Gasteiger partial charge in [0, 0.05) is 35.4 Å². The molecule has 0 unspecified atom stereocenters. The van der Waals surface area contributed by atoms with Gasteiger partial charge in [0.25, 0.3) is 0 Å². The van der Waals surface area contributed by atoms with E-state index in [-0.39, 0.29) is 16.9 Å². The van der Waals surface area contributed by atoms with E-state index < -0.39 is 11.6 Å². The first-order valence-corrected chi connectivity index (χ1v) is 8.35. The van der Waals surface area contributed by atoms with Gasteiger partial charge in [-0.25, -0.2) is 23.7 Å². The Morgan fingerprint density at radius 2 is 1.85 bits per heavy atom. The van der Waals surface area contributed by atoms with Crippen LogP contribution in [0.4, 0.5) is 14.6 Å². The quantitative estimate of drug-likeness (QED) is 0.554. The second-order valence-corrected chi connectivity index (χ2v) is 6.15. The zero-order valence-electron chi connectivity index (χ0n) is 14.0. The molecule has 2 heterocycles. The fourth-order valence-electron chi connectivity index (χ4n) is 2.78. The van der Waals surface area contributed by atoms with E-state index in [0.717, 1.165) is 0 Å². The summed E-state index contributed by atoms with van der Waals surface area (Å²) in [7, 11) is 1.66. The van der Waals surface area contributed by atoms with Crippen LogP contribution in [0.25, 0.3) is 33.5 Å². The second-order valence-electron chi connectivity index (χ2n) is 5.71. The maximum atomic E-state index is 14.9. The summed E-state index contributed by atoms with van der Waals surface area (Å²) in [6.07, 6.45) is 4.52. The number of halogens is 3. The van der Waals surface area contributed by atoms with Gasteiger partial charge >= 0.3 is 0 Å². The number of nitrogens with zero attached hydrogens (tertiary/aromatic N) is 4. The summed E-state index contributed by atoms with van der Waals surface area (Å²) >= 11 is 5.96. The molecule has 8 heteroatoms. The zero-order chi connectivity index (χ0) is 19.0. The number of anilines is 1. The highest BCUT2D eigenvalue weighted by atomic mass is 35.5. The number of rotatable bonds is 3. The highest BCUT2D eigenvalue weighted by molar-refractivity contribution is 6.30. The summed E-state index contributed by atoms with van der Waals surface area (Å²) in [5, 5.41) is 3.70. The molecule has 0 radical (unpaired) electrons. The van der Waals surface area contributed by atoms with E-state index in [1.807, 2.05) is 0 Å². The Bertz CT molecular complexity index is 1150. The Labute approximate surface area is 158 Å². The molecule has 0 aliphatic rings. The molecule has 4 rings (SSSR count). The average Bonchev–Trinajstić information content (AvgIpc) is 2.69. The van der Waals surface area contributed by atoms with Gasteiger partial charge in [0.05, 0.1) is 6.20 Å². The molecular formula is C19H12ClF2N5.